The Morgan fingerprint density at radius 1 is 0.974 bits per heavy atom. The number of hydrogen-bond donors (Lipinski definition) is 0. The van der Waals surface area contributed by atoms with Gasteiger partial charge in [0.05, 0.1) is 18.8 Å². The van der Waals surface area contributed by atoms with Crippen LogP contribution in [-0.2, 0) is 11.3 Å². The molecule has 2 aromatic carbocycles. The van der Waals surface area contributed by atoms with Crippen LogP contribution in [0.15, 0.2) is 57.8 Å². The number of anilines is 1. The maximum absolute atomic E-state index is 13.7. The van der Waals surface area contributed by atoms with Crippen LogP contribution >= 0.6 is 0 Å². The lowest BCUT2D eigenvalue weighted by atomic mass is 10.1. The first kappa shape index (κ1) is 25.6. The lowest BCUT2D eigenvalue weighted by Crippen LogP contribution is -2.47. The molecule has 0 saturated carbocycles. The van der Waals surface area contributed by atoms with Crippen LogP contribution in [0.2, 0.25) is 0 Å². The van der Waals surface area contributed by atoms with Crippen LogP contribution in [0.25, 0.3) is 22.6 Å². The van der Waals surface area contributed by atoms with Crippen molar-refractivity contribution in [2.24, 2.45) is 0 Å². The third-order valence-electron chi connectivity index (χ3n) is 6.33. The van der Waals surface area contributed by atoms with Crippen molar-refractivity contribution in [3.8, 4) is 22.6 Å². The predicted molar refractivity (Wildman–Crippen MR) is 133 cm³/mol. The van der Waals surface area contributed by atoms with Gasteiger partial charge in [-0.05, 0) is 29.8 Å². The number of nitrogens with zero attached hydrogens (tertiary/aromatic N) is 6. The van der Waals surface area contributed by atoms with Gasteiger partial charge in [-0.15, -0.1) is 0 Å². The highest BCUT2D eigenvalue weighted by atomic mass is 19.2. The van der Waals surface area contributed by atoms with Gasteiger partial charge >= 0.3 is 6.01 Å². The number of benzene rings is 2. The van der Waals surface area contributed by atoms with Crippen LogP contribution in [0.3, 0.4) is 0 Å². The summed E-state index contributed by atoms with van der Waals surface area (Å²) in [6.45, 7) is 4.92. The average molecular weight is 527 g/mol. The van der Waals surface area contributed by atoms with Gasteiger partial charge in [0, 0.05) is 57.0 Å². The fourth-order valence-electron chi connectivity index (χ4n) is 4.25. The Bertz CT molecular complexity index is 1460. The number of halogens is 3. The van der Waals surface area contributed by atoms with E-state index in [1.807, 2.05) is 23.1 Å². The third-order valence-corrected chi connectivity index (χ3v) is 6.33. The van der Waals surface area contributed by atoms with Gasteiger partial charge in [-0.3, -0.25) is 9.69 Å². The summed E-state index contributed by atoms with van der Waals surface area (Å²) in [4.78, 5) is 21.4. The van der Waals surface area contributed by atoms with Crippen LogP contribution in [0.4, 0.5) is 19.2 Å². The van der Waals surface area contributed by atoms with E-state index >= 15 is 0 Å². The molecule has 0 bridgehead atoms. The summed E-state index contributed by atoms with van der Waals surface area (Å²) in [5.41, 5.74) is 1.16. The molecule has 1 fully saturated rings. The molecule has 1 aliphatic rings. The molecule has 2 aromatic heterocycles. The highest BCUT2D eigenvalue weighted by molar-refractivity contribution is 5.59. The van der Waals surface area contributed by atoms with Gasteiger partial charge in [-0.25, -0.2) is 17.9 Å². The zero-order chi connectivity index (χ0) is 26.6. The van der Waals surface area contributed by atoms with Gasteiger partial charge in [0.25, 0.3) is 5.56 Å². The second-order valence-electron chi connectivity index (χ2n) is 8.89. The maximum atomic E-state index is 13.7. The second-order valence-corrected chi connectivity index (χ2v) is 8.89. The van der Waals surface area contributed by atoms with Crippen molar-refractivity contribution in [3.63, 3.8) is 0 Å². The fourth-order valence-corrected chi connectivity index (χ4v) is 4.25. The third kappa shape index (κ3) is 5.60. The van der Waals surface area contributed by atoms with E-state index in [0.717, 1.165) is 50.4 Å². The van der Waals surface area contributed by atoms with Gasteiger partial charge in [0.15, 0.2) is 17.5 Å². The van der Waals surface area contributed by atoms with Crippen LogP contribution < -0.4 is 10.5 Å². The maximum Gasteiger partial charge on any atom is 0.324 e. The number of ether oxygens (including phenoxy) is 1. The summed E-state index contributed by atoms with van der Waals surface area (Å²) in [7, 11) is 1.69. The molecule has 3 heterocycles. The van der Waals surface area contributed by atoms with Crippen LogP contribution in [0, 0.1) is 17.5 Å². The van der Waals surface area contributed by atoms with Crippen molar-refractivity contribution in [1.29, 1.82) is 0 Å². The molecule has 5 rings (SSSR count). The summed E-state index contributed by atoms with van der Waals surface area (Å²) < 4.78 is 52.6. The minimum Gasteiger partial charge on any atom is -0.383 e. The molecule has 0 amide bonds. The Morgan fingerprint density at radius 2 is 1.74 bits per heavy atom. The molecule has 198 valence electrons. The smallest absolute Gasteiger partial charge is 0.324 e. The van der Waals surface area contributed by atoms with Crippen molar-refractivity contribution < 1.29 is 22.4 Å². The number of piperazine rings is 1. The molecule has 4 aromatic rings. The summed E-state index contributed by atoms with van der Waals surface area (Å²) in [5, 5.41) is 8.35. The summed E-state index contributed by atoms with van der Waals surface area (Å²) in [6, 6.07) is 11.9. The SMILES string of the molecule is COCCN1CCN(c2nc(-c3cccc(Cn4nc(-c5cc(F)c(F)c(F)c5)ccc4=O)c3)no2)CC1. The first-order valence-electron chi connectivity index (χ1n) is 12.0. The molecule has 0 N–H and O–H groups in total. The Kier molecular flexibility index (Phi) is 7.52. The minimum absolute atomic E-state index is 0.0164. The van der Waals surface area contributed by atoms with Crippen LogP contribution in [0.5, 0.6) is 0 Å². The highest BCUT2D eigenvalue weighted by Gasteiger charge is 2.22. The Balaban J connectivity index is 1.31. The molecule has 38 heavy (non-hydrogen) atoms. The van der Waals surface area contributed by atoms with Gasteiger partial charge in [-0.2, -0.15) is 10.1 Å². The first-order valence-corrected chi connectivity index (χ1v) is 12.0. The Labute approximate surface area is 216 Å². The summed E-state index contributed by atoms with van der Waals surface area (Å²) in [5.74, 6) is -3.82. The Hall–Kier alpha value is -4.03. The van der Waals surface area contributed by atoms with E-state index in [4.69, 9.17) is 9.26 Å². The zero-order valence-corrected chi connectivity index (χ0v) is 20.6. The quantitative estimate of drug-likeness (QED) is 0.324. The normalized spacial score (nSPS) is 14.3. The van der Waals surface area contributed by atoms with Gasteiger partial charge < -0.3 is 14.2 Å². The van der Waals surface area contributed by atoms with E-state index < -0.39 is 23.0 Å². The van der Waals surface area contributed by atoms with Crippen molar-refractivity contribution in [2.75, 3.05) is 51.3 Å². The van der Waals surface area contributed by atoms with E-state index in [2.05, 4.69) is 20.1 Å². The van der Waals surface area contributed by atoms with Crippen molar-refractivity contribution >= 4 is 6.01 Å². The molecular formula is C26H25F3N6O3. The van der Waals surface area contributed by atoms with E-state index in [1.165, 1.54) is 16.8 Å². The Morgan fingerprint density at radius 3 is 2.47 bits per heavy atom. The average Bonchev–Trinajstić information content (AvgIpc) is 3.42. The number of rotatable bonds is 8. The first-order chi connectivity index (χ1) is 18.4. The monoisotopic (exact) mass is 526 g/mol. The molecule has 9 nitrogen and oxygen atoms in total. The summed E-state index contributed by atoms with van der Waals surface area (Å²) in [6.07, 6.45) is 0. The predicted octanol–water partition coefficient (Wildman–Crippen LogP) is 3.19. The standard InChI is InChI=1S/C26H25F3N6O3/c1-37-12-11-33-7-9-34(10-8-33)26-30-25(32-38-26)18-4-2-3-17(13-18)16-35-23(36)6-5-22(31-35)19-14-20(27)24(29)21(28)15-19/h2-6,13-15H,7-12,16H2,1H3. The number of aromatic nitrogens is 4. The van der Waals surface area contributed by atoms with Crippen molar-refractivity contribution in [2.45, 2.75) is 6.54 Å². The largest absolute Gasteiger partial charge is 0.383 e. The second kappa shape index (κ2) is 11.2. The lowest BCUT2D eigenvalue weighted by Gasteiger charge is -2.33. The van der Waals surface area contributed by atoms with Gasteiger partial charge in [0.1, 0.15) is 0 Å². The van der Waals surface area contributed by atoms with Crippen LogP contribution in [0.1, 0.15) is 5.56 Å². The number of hydrogen-bond acceptors (Lipinski definition) is 8. The topological polar surface area (TPSA) is 89.5 Å². The molecule has 0 radical (unpaired) electrons. The van der Waals surface area contributed by atoms with E-state index in [9.17, 15) is 18.0 Å². The van der Waals surface area contributed by atoms with Crippen LogP contribution in [-0.4, -0.2) is 71.3 Å². The molecule has 0 spiro atoms. The molecule has 1 aliphatic heterocycles. The minimum atomic E-state index is -1.56. The highest BCUT2D eigenvalue weighted by Crippen LogP contribution is 2.23. The molecule has 1 saturated heterocycles. The van der Waals surface area contributed by atoms with Gasteiger partial charge in [-0.1, -0.05) is 23.4 Å². The fraction of sp³-hybridized carbons (Fsp3) is 0.308. The number of methoxy groups -OCH3 is 1. The molecule has 12 heteroatoms. The molecule has 0 atom stereocenters. The van der Waals surface area contributed by atoms with E-state index in [-0.39, 0.29) is 17.8 Å². The van der Waals surface area contributed by atoms with Crippen molar-refractivity contribution in [3.05, 3.63) is 81.9 Å². The van der Waals surface area contributed by atoms with Crippen molar-refractivity contribution in [1.82, 2.24) is 24.8 Å². The van der Waals surface area contributed by atoms with Gasteiger partial charge in [0.2, 0.25) is 5.82 Å². The molecule has 0 unspecified atom stereocenters. The van der Waals surface area contributed by atoms with E-state index in [0.29, 0.717) is 24.0 Å². The zero-order valence-electron chi connectivity index (χ0n) is 20.6. The molecule has 0 aliphatic carbocycles. The summed E-state index contributed by atoms with van der Waals surface area (Å²) >= 11 is 0. The lowest BCUT2D eigenvalue weighted by molar-refractivity contribution is 0.143. The molecular weight excluding hydrogens is 501 g/mol. The van der Waals surface area contributed by atoms with E-state index in [1.54, 1.807) is 13.2 Å².